The Balaban J connectivity index is 2.60. The van der Waals surface area contributed by atoms with E-state index < -0.39 is 0 Å². The molecule has 1 aromatic carbocycles. The van der Waals surface area contributed by atoms with Gasteiger partial charge in [-0.1, -0.05) is 29.4 Å². The fraction of sp³-hybridized carbons (Fsp3) is 0.273. The van der Waals surface area contributed by atoms with Crippen LogP contribution in [0.25, 0.3) is 16.5 Å². The number of aromatic hydroxyl groups is 1. The lowest BCUT2D eigenvalue weighted by Gasteiger charge is -1.99. The minimum absolute atomic E-state index is 0.273. The zero-order valence-corrected chi connectivity index (χ0v) is 8.59. The summed E-state index contributed by atoms with van der Waals surface area (Å²) >= 11 is 0. The molecule has 0 bridgehead atoms. The van der Waals surface area contributed by atoms with Crippen LogP contribution in [-0.4, -0.2) is 11.7 Å². The van der Waals surface area contributed by atoms with Gasteiger partial charge in [-0.05, 0) is 30.5 Å². The number of nitrogens with zero attached hydrogens (tertiary/aromatic N) is 3. The summed E-state index contributed by atoms with van der Waals surface area (Å²) in [5.74, 6) is 0.273. The number of azide groups is 1. The largest absolute Gasteiger partial charge is 0.507 e. The molecule has 4 nitrogen and oxygen atoms in total. The molecule has 0 saturated carbocycles. The van der Waals surface area contributed by atoms with Crippen LogP contribution in [0.4, 0.5) is 0 Å². The Morgan fingerprint density at radius 1 is 1.53 bits per heavy atom. The summed E-state index contributed by atoms with van der Waals surface area (Å²) in [5.41, 5.74) is 9.86. The fourth-order valence-electron chi connectivity index (χ4n) is 1.18. The average Bonchev–Trinajstić information content (AvgIpc) is 2.20. The number of hydrogen-bond acceptors (Lipinski definition) is 2. The molecule has 0 aliphatic carbocycles. The third kappa shape index (κ3) is 3.75. The molecule has 0 aromatic heterocycles. The summed E-state index contributed by atoms with van der Waals surface area (Å²) in [5, 5.41) is 13.0. The molecule has 0 aliphatic heterocycles. The average molecular weight is 203 g/mol. The minimum atomic E-state index is 0.273. The summed E-state index contributed by atoms with van der Waals surface area (Å²) in [4.78, 5) is 2.65. The van der Waals surface area contributed by atoms with Crippen LogP contribution in [-0.2, 0) is 0 Å². The van der Waals surface area contributed by atoms with Crippen molar-refractivity contribution in [2.24, 2.45) is 5.11 Å². The van der Waals surface area contributed by atoms with Gasteiger partial charge in [0.15, 0.2) is 0 Å². The van der Waals surface area contributed by atoms with Crippen LogP contribution in [0.3, 0.4) is 0 Å². The van der Waals surface area contributed by atoms with Crippen molar-refractivity contribution in [2.45, 2.75) is 13.3 Å². The standard InChI is InChI=1S/C11H13N3O/c1-9-5-6-10(11(15)8-9)4-2-3-7-13-14-12/h2,4-6,8,15H,3,7H2,1H3. The van der Waals surface area contributed by atoms with E-state index in [1.807, 2.05) is 31.2 Å². The van der Waals surface area contributed by atoms with E-state index in [-0.39, 0.29) is 5.75 Å². The van der Waals surface area contributed by atoms with E-state index in [0.29, 0.717) is 13.0 Å². The maximum absolute atomic E-state index is 9.56. The molecule has 1 aromatic rings. The van der Waals surface area contributed by atoms with E-state index in [4.69, 9.17) is 5.53 Å². The number of phenolic OH excluding ortho intramolecular Hbond substituents is 1. The van der Waals surface area contributed by atoms with Crippen molar-refractivity contribution in [3.63, 3.8) is 0 Å². The van der Waals surface area contributed by atoms with Crippen molar-refractivity contribution >= 4 is 6.08 Å². The highest BCUT2D eigenvalue weighted by molar-refractivity contribution is 5.57. The molecule has 0 fully saturated rings. The summed E-state index contributed by atoms with van der Waals surface area (Å²) in [6.45, 7) is 2.37. The van der Waals surface area contributed by atoms with Crippen molar-refractivity contribution in [1.29, 1.82) is 0 Å². The normalized spacial score (nSPS) is 10.2. The Bertz CT molecular complexity index is 406. The van der Waals surface area contributed by atoms with Gasteiger partial charge in [0, 0.05) is 17.0 Å². The van der Waals surface area contributed by atoms with E-state index in [0.717, 1.165) is 11.1 Å². The second kappa shape index (κ2) is 5.73. The Labute approximate surface area is 88.5 Å². The first kappa shape index (κ1) is 11.1. The number of hydrogen-bond donors (Lipinski definition) is 1. The lowest BCUT2D eigenvalue weighted by Crippen LogP contribution is -1.78. The summed E-state index contributed by atoms with van der Waals surface area (Å²) < 4.78 is 0. The van der Waals surface area contributed by atoms with Gasteiger partial charge in [-0.15, -0.1) is 0 Å². The molecule has 0 unspecified atom stereocenters. The third-order valence-electron chi connectivity index (χ3n) is 1.94. The first-order chi connectivity index (χ1) is 7.24. The molecule has 0 spiro atoms. The van der Waals surface area contributed by atoms with Gasteiger partial charge in [0.25, 0.3) is 0 Å². The van der Waals surface area contributed by atoms with Gasteiger partial charge in [0.05, 0.1) is 0 Å². The molecule has 15 heavy (non-hydrogen) atoms. The molecule has 4 heteroatoms. The van der Waals surface area contributed by atoms with E-state index in [9.17, 15) is 5.11 Å². The molecule has 1 N–H and O–H groups in total. The van der Waals surface area contributed by atoms with Crippen molar-refractivity contribution in [2.75, 3.05) is 6.54 Å². The lowest BCUT2D eigenvalue weighted by molar-refractivity contribution is 0.473. The molecule has 78 valence electrons. The Hall–Kier alpha value is -1.93. The number of aryl methyl sites for hydroxylation is 1. The van der Waals surface area contributed by atoms with Crippen LogP contribution in [0.1, 0.15) is 17.5 Å². The smallest absolute Gasteiger partial charge is 0.123 e. The second-order valence-electron chi connectivity index (χ2n) is 3.21. The van der Waals surface area contributed by atoms with Gasteiger partial charge >= 0.3 is 0 Å². The van der Waals surface area contributed by atoms with Crippen molar-refractivity contribution in [3.05, 3.63) is 45.8 Å². The van der Waals surface area contributed by atoms with Crippen LogP contribution in [0.15, 0.2) is 29.4 Å². The maximum Gasteiger partial charge on any atom is 0.123 e. The predicted octanol–water partition coefficient (Wildman–Crippen LogP) is 3.41. The topological polar surface area (TPSA) is 69.0 Å². The quantitative estimate of drug-likeness (QED) is 0.346. The van der Waals surface area contributed by atoms with Crippen LogP contribution >= 0.6 is 0 Å². The number of phenols is 1. The highest BCUT2D eigenvalue weighted by Crippen LogP contribution is 2.19. The molecule has 0 aliphatic rings. The SMILES string of the molecule is Cc1ccc(C=CCCN=[N+]=[N-])c(O)c1. The maximum atomic E-state index is 9.56. The van der Waals surface area contributed by atoms with Gasteiger partial charge in [-0.3, -0.25) is 0 Å². The molecule has 0 radical (unpaired) electrons. The highest BCUT2D eigenvalue weighted by Gasteiger charge is 1.95. The van der Waals surface area contributed by atoms with Gasteiger partial charge in [-0.2, -0.15) is 0 Å². The van der Waals surface area contributed by atoms with E-state index in [1.54, 1.807) is 6.07 Å². The van der Waals surface area contributed by atoms with Gasteiger partial charge < -0.3 is 5.11 Å². The highest BCUT2D eigenvalue weighted by atomic mass is 16.3. The zero-order valence-electron chi connectivity index (χ0n) is 8.59. The Morgan fingerprint density at radius 2 is 2.33 bits per heavy atom. The molecular weight excluding hydrogens is 190 g/mol. The van der Waals surface area contributed by atoms with Crippen LogP contribution in [0.2, 0.25) is 0 Å². The summed E-state index contributed by atoms with van der Waals surface area (Å²) in [7, 11) is 0. The second-order valence-corrected chi connectivity index (χ2v) is 3.21. The zero-order chi connectivity index (χ0) is 11.1. The summed E-state index contributed by atoms with van der Waals surface area (Å²) in [6, 6.07) is 5.51. The third-order valence-corrected chi connectivity index (χ3v) is 1.94. The monoisotopic (exact) mass is 203 g/mol. The molecule has 0 atom stereocenters. The van der Waals surface area contributed by atoms with E-state index in [2.05, 4.69) is 10.0 Å². The molecular formula is C11H13N3O. The minimum Gasteiger partial charge on any atom is -0.507 e. The van der Waals surface area contributed by atoms with Crippen LogP contribution in [0, 0.1) is 6.92 Å². The van der Waals surface area contributed by atoms with Crippen molar-refractivity contribution < 1.29 is 5.11 Å². The van der Waals surface area contributed by atoms with Crippen molar-refractivity contribution in [1.82, 2.24) is 0 Å². The Kier molecular flexibility index (Phi) is 4.26. The first-order valence-corrected chi connectivity index (χ1v) is 4.71. The molecule has 1 rings (SSSR count). The summed E-state index contributed by atoms with van der Waals surface area (Å²) in [6.07, 6.45) is 4.37. The molecule has 0 amide bonds. The van der Waals surface area contributed by atoms with Crippen LogP contribution < -0.4 is 0 Å². The first-order valence-electron chi connectivity index (χ1n) is 4.71. The van der Waals surface area contributed by atoms with E-state index in [1.165, 1.54) is 0 Å². The van der Waals surface area contributed by atoms with E-state index >= 15 is 0 Å². The van der Waals surface area contributed by atoms with Gasteiger partial charge in [-0.25, -0.2) is 0 Å². The Morgan fingerprint density at radius 3 is 3.00 bits per heavy atom. The lowest BCUT2D eigenvalue weighted by atomic mass is 10.1. The van der Waals surface area contributed by atoms with Gasteiger partial charge in [0.1, 0.15) is 5.75 Å². The number of benzene rings is 1. The molecule has 0 saturated heterocycles. The molecule has 0 heterocycles. The predicted molar refractivity (Wildman–Crippen MR) is 60.5 cm³/mol. The fourth-order valence-corrected chi connectivity index (χ4v) is 1.18. The number of rotatable bonds is 4. The van der Waals surface area contributed by atoms with Crippen molar-refractivity contribution in [3.8, 4) is 5.75 Å². The van der Waals surface area contributed by atoms with Crippen LogP contribution in [0.5, 0.6) is 5.75 Å². The van der Waals surface area contributed by atoms with Gasteiger partial charge in [0.2, 0.25) is 0 Å².